The van der Waals surface area contributed by atoms with E-state index >= 15 is 0 Å². The van der Waals surface area contributed by atoms with Crippen LogP contribution in [0.25, 0.3) is 0 Å². The van der Waals surface area contributed by atoms with Crippen molar-refractivity contribution in [2.75, 3.05) is 19.0 Å². The first-order chi connectivity index (χ1) is 9.71. The fourth-order valence-corrected chi connectivity index (χ4v) is 4.59. The highest BCUT2D eigenvalue weighted by atomic mass is 16.5. The normalized spacial score (nSPS) is 22.6. The number of aliphatic hydroxyl groups excluding tert-OH is 1. The van der Waals surface area contributed by atoms with Gasteiger partial charge >= 0.3 is 0 Å². The minimum atomic E-state index is -0.292. The number of nitrogens with one attached hydrogen (secondary N) is 1. The summed E-state index contributed by atoms with van der Waals surface area (Å²) in [5.74, 6) is 0.825. The Hall–Kier alpha value is -1.22. The minimum Gasteiger partial charge on any atom is -0.495 e. The fraction of sp³-hybridized carbons (Fsp3) is 0.667. The summed E-state index contributed by atoms with van der Waals surface area (Å²) in [6.07, 6.45) is 3.09. The molecule has 3 heteroatoms. The summed E-state index contributed by atoms with van der Waals surface area (Å²) in [6.45, 7) is 9.31. The molecule has 21 heavy (non-hydrogen) atoms. The van der Waals surface area contributed by atoms with Gasteiger partial charge < -0.3 is 15.2 Å². The second-order valence-electron chi connectivity index (χ2n) is 8.12. The Balaban J connectivity index is 2.33. The molecule has 0 heterocycles. The van der Waals surface area contributed by atoms with Crippen LogP contribution in [0.2, 0.25) is 0 Å². The third kappa shape index (κ3) is 3.70. The first-order valence-corrected chi connectivity index (χ1v) is 7.73. The van der Waals surface area contributed by atoms with Gasteiger partial charge in [0, 0.05) is 0 Å². The topological polar surface area (TPSA) is 41.5 Å². The highest BCUT2D eigenvalue weighted by Crippen LogP contribution is 2.51. The molecule has 2 rings (SSSR count). The molecule has 1 aliphatic carbocycles. The van der Waals surface area contributed by atoms with Crippen molar-refractivity contribution in [3.05, 3.63) is 24.3 Å². The molecular weight excluding hydrogens is 262 g/mol. The third-order valence-electron chi connectivity index (χ3n) is 4.40. The number of ether oxygens (including phenoxy) is 1. The van der Waals surface area contributed by atoms with Crippen molar-refractivity contribution >= 4 is 5.69 Å². The van der Waals surface area contributed by atoms with E-state index in [1.54, 1.807) is 7.11 Å². The van der Waals surface area contributed by atoms with Crippen LogP contribution in [-0.2, 0) is 0 Å². The van der Waals surface area contributed by atoms with Gasteiger partial charge in [-0.3, -0.25) is 0 Å². The molecular formula is C18H29NO2. The lowest BCUT2D eigenvalue weighted by Crippen LogP contribution is -2.53. The molecule has 3 nitrogen and oxygen atoms in total. The number of rotatable bonds is 4. The maximum atomic E-state index is 10.1. The largest absolute Gasteiger partial charge is 0.495 e. The van der Waals surface area contributed by atoms with Crippen molar-refractivity contribution in [1.29, 1.82) is 0 Å². The summed E-state index contributed by atoms with van der Waals surface area (Å²) >= 11 is 0. The van der Waals surface area contributed by atoms with Crippen molar-refractivity contribution in [3.63, 3.8) is 0 Å². The van der Waals surface area contributed by atoms with Crippen LogP contribution in [0, 0.1) is 10.8 Å². The molecule has 1 saturated carbocycles. The molecule has 0 atom stereocenters. The summed E-state index contributed by atoms with van der Waals surface area (Å²) in [4.78, 5) is 0. The Morgan fingerprint density at radius 3 is 2.14 bits per heavy atom. The Morgan fingerprint density at radius 1 is 1.05 bits per heavy atom. The number of hydrogen-bond acceptors (Lipinski definition) is 3. The van der Waals surface area contributed by atoms with Crippen molar-refractivity contribution < 1.29 is 9.84 Å². The minimum absolute atomic E-state index is 0.137. The third-order valence-corrected chi connectivity index (χ3v) is 4.40. The average molecular weight is 291 g/mol. The first-order valence-electron chi connectivity index (χ1n) is 7.73. The lowest BCUT2D eigenvalue weighted by molar-refractivity contribution is 0.0287. The van der Waals surface area contributed by atoms with Gasteiger partial charge in [0.05, 0.1) is 24.9 Å². The molecule has 0 spiro atoms. The molecule has 0 aliphatic heterocycles. The van der Waals surface area contributed by atoms with Gasteiger partial charge in [-0.15, -0.1) is 0 Å². The van der Waals surface area contributed by atoms with E-state index in [0.29, 0.717) is 0 Å². The van der Waals surface area contributed by atoms with Crippen LogP contribution in [0.3, 0.4) is 0 Å². The van der Waals surface area contributed by atoms with E-state index in [-0.39, 0.29) is 23.0 Å². The van der Waals surface area contributed by atoms with Gasteiger partial charge in [-0.05, 0) is 42.2 Å². The molecule has 0 bridgehead atoms. The predicted molar refractivity (Wildman–Crippen MR) is 87.8 cm³/mol. The second-order valence-corrected chi connectivity index (χ2v) is 8.12. The maximum absolute atomic E-state index is 10.1. The summed E-state index contributed by atoms with van der Waals surface area (Å²) in [7, 11) is 1.68. The zero-order valence-electron chi connectivity index (χ0n) is 14.0. The highest BCUT2D eigenvalue weighted by molar-refractivity contribution is 5.58. The zero-order valence-corrected chi connectivity index (χ0v) is 14.0. The molecule has 2 N–H and O–H groups in total. The van der Waals surface area contributed by atoms with E-state index in [4.69, 9.17) is 4.74 Å². The van der Waals surface area contributed by atoms with Gasteiger partial charge in [-0.2, -0.15) is 0 Å². The lowest BCUT2D eigenvalue weighted by atomic mass is 9.58. The Labute approximate surface area is 128 Å². The average Bonchev–Trinajstić information content (AvgIpc) is 2.35. The molecule has 1 aromatic rings. The van der Waals surface area contributed by atoms with E-state index in [0.717, 1.165) is 24.3 Å². The summed E-state index contributed by atoms with van der Waals surface area (Å²) in [5, 5.41) is 13.7. The molecule has 1 aliphatic rings. The molecule has 0 radical (unpaired) electrons. The van der Waals surface area contributed by atoms with Gasteiger partial charge in [0.15, 0.2) is 0 Å². The lowest BCUT2D eigenvalue weighted by Gasteiger charge is -2.52. The van der Waals surface area contributed by atoms with Crippen molar-refractivity contribution in [1.82, 2.24) is 0 Å². The molecule has 0 aromatic heterocycles. The van der Waals surface area contributed by atoms with Crippen molar-refractivity contribution in [2.24, 2.45) is 10.8 Å². The standard InChI is InChI=1S/C18H29NO2/c1-16(2)10-17(3,4)12-18(11-16,13-20)19-14-8-6-7-9-15(14)21-5/h6-9,19-20H,10-13H2,1-5H3. The van der Waals surface area contributed by atoms with Gasteiger partial charge in [-0.25, -0.2) is 0 Å². The molecule has 0 amide bonds. The maximum Gasteiger partial charge on any atom is 0.141 e. The van der Waals surface area contributed by atoms with Gasteiger partial charge in [-0.1, -0.05) is 39.8 Å². The van der Waals surface area contributed by atoms with Crippen LogP contribution >= 0.6 is 0 Å². The predicted octanol–water partition coefficient (Wildman–Crippen LogP) is 4.07. The molecule has 118 valence electrons. The number of para-hydroxylation sites is 2. The van der Waals surface area contributed by atoms with E-state index in [1.165, 1.54) is 6.42 Å². The Bertz CT molecular complexity index is 478. The summed E-state index contributed by atoms with van der Waals surface area (Å²) < 4.78 is 5.44. The second kappa shape index (κ2) is 5.53. The molecule has 1 fully saturated rings. The number of benzene rings is 1. The van der Waals surface area contributed by atoms with Crippen LogP contribution < -0.4 is 10.1 Å². The Kier molecular flexibility index (Phi) is 4.25. The van der Waals surface area contributed by atoms with Gasteiger partial charge in [0.2, 0.25) is 0 Å². The van der Waals surface area contributed by atoms with Crippen LogP contribution in [0.1, 0.15) is 47.0 Å². The quantitative estimate of drug-likeness (QED) is 0.878. The number of hydrogen-bond donors (Lipinski definition) is 2. The number of methoxy groups -OCH3 is 1. The zero-order chi connectivity index (χ0) is 15.7. The summed E-state index contributed by atoms with van der Waals surface area (Å²) in [5.41, 5.74) is 1.08. The smallest absolute Gasteiger partial charge is 0.141 e. The molecule has 1 aromatic carbocycles. The fourth-order valence-electron chi connectivity index (χ4n) is 4.59. The SMILES string of the molecule is COc1ccccc1NC1(CO)CC(C)(C)CC(C)(C)C1. The van der Waals surface area contributed by atoms with E-state index in [2.05, 4.69) is 33.0 Å². The Morgan fingerprint density at radius 2 is 1.62 bits per heavy atom. The van der Waals surface area contributed by atoms with E-state index < -0.39 is 0 Å². The summed E-state index contributed by atoms with van der Waals surface area (Å²) in [6, 6.07) is 7.93. The van der Waals surface area contributed by atoms with E-state index in [1.807, 2.05) is 24.3 Å². The van der Waals surface area contributed by atoms with Crippen molar-refractivity contribution in [3.8, 4) is 5.75 Å². The van der Waals surface area contributed by atoms with Crippen molar-refractivity contribution in [2.45, 2.75) is 52.5 Å². The molecule has 0 unspecified atom stereocenters. The number of anilines is 1. The van der Waals surface area contributed by atoms with E-state index in [9.17, 15) is 5.11 Å². The monoisotopic (exact) mass is 291 g/mol. The first kappa shape index (κ1) is 16.2. The molecule has 0 saturated heterocycles. The number of aliphatic hydroxyl groups is 1. The van der Waals surface area contributed by atoms with Crippen LogP contribution in [0.15, 0.2) is 24.3 Å². The van der Waals surface area contributed by atoms with Crippen LogP contribution in [0.5, 0.6) is 5.75 Å². The highest BCUT2D eigenvalue weighted by Gasteiger charge is 2.47. The van der Waals surface area contributed by atoms with Crippen LogP contribution in [-0.4, -0.2) is 24.4 Å². The van der Waals surface area contributed by atoms with Gasteiger partial charge in [0.25, 0.3) is 0 Å². The van der Waals surface area contributed by atoms with Crippen LogP contribution in [0.4, 0.5) is 5.69 Å². The van der Waals surface area contributed by atoms with Gasteiger partial charge in [0.1, 0.15) is 5.75 Å².